The van der Waals surface area contributed by atoms with Crippen LogP contribution in [0.5, 0.6) is 0 Å². The van der Waals surface area contributed by atoms with Crippen LogP contribution < -0.4 is 5.32 Å². The molecule has 1 N–H and O–H groups in total. The normalized spacial score (nSPS) is 14.3. The van der Waals surface area contributed by atoms with E-state index in [1.54, 1.807) is 4.68 Å². The Morgan fingerprint density at radius 2 is 2.00 bits per heavy atom. The lowest BCUT2D eigenvalue weighted by molar-refractivity contribution is -0.130. The van der Waals surface area contributed by atoms with Gasteiger partial charge < -0.3 is 5.32 Å². The first-order valence-corrected chi connectivity index (χ1v) is 6.78. The Labute approximate surface area is 126 Å². The fraction of sp³-hybridized carbons (Fsp3) is 0.200. The second-order valence-corrected chi connectivity index (χ2v) is 5.01. The molecule has 0 bridgehead atoms. The summed E-state index contributed by atoms with van der Waals surface area (Å²) in [5.41, 5.74) is 1.21. The van der Waals surface area contributed by atoms with E-state index in [1.807, 2.05) is 30.3 Å². The lowest BCUT2D eigenvalue weighted by atomic mass is 10.2. The van der Waals surface area contributed by atoms with Gasteiger partial charge in [0.1, 0.15) is 17.9 Å². The highest BCUT2D eigenvalue weighted by Gasteiger charge is 2.31. The standard InChI is InChI=1S/C15H14N4O3/c1-10(20)18-9-13(21)17-14-12(15(18)22)7-16-19(14)8-11-5-3-2-4-6-11/h2-7H,8-9H2,1H3,(H,17,21). The SMILES string of the molecule is CC(=O)N1CC(=O)Nc2c(cnn2Cc2ccccc2)C1=O. The van der Waals surface area contributed by atoms with Crippen molar-refractivity contribution in [3.63, 3.8) is 0 Å². The van der Waals surface area contributed by atoms with Crippen LogP contribution in [0.3, 0.4) is 0 Å². The second-order valence-electron chi connectivity index (χ2n) is 5.01. The van der Waals surface area contributed by atoms with Crippen molar-refractivity contribution in [1.82, 2.24) is 14.7 Å². The van der Waals surface area contributed by atoms with Crippen LogP contribution in [0, 0.1) is 0 Å². The van der Waals surface area contributed by atoms with Gasteiger partial charge in [-0.2, -0.15) is 5.10 Å². The minimum Gasteiger partial charge on any atom is -0.309 e. The summed E-state index contributed by atoms with van der Waals surface area (Å²) in [5.74, 6) is -1.08. The largest absolute Gasteiger partial charge is 0.309 e. The van der Waals surface area contributed by atoms with Gasteiger partial charge in [0.05, 0.1) is 12.7 Å². The van der Waals surface area contributed by atoms with Crippen molar-refractivity contribution in [3.8, 4) is 0 Å². The molecule has 3 amide bonds. The maximum Gasteiger partial charge on any atom is 0.266 e. The number of carbonyl (C=O) groups is 3. The molecule has 2 heterocycles. The monoisotopic (exact) mass is 298 g/mol. The molecule has 0 spiro atoms. The molecule has 22 heavy (non-hydrogen) atoms. The first-order valence-electron chi connectivity index (χ1n) is 6.78. The fourth-order valence-corrected chi connectivity index (χ4v) is 2.34. The smallest absolute Gasteiger partial charge is 0.266 e. The molecule has 0 radical (unpaired) electrons. The summed E-state index contributed by atoms with van der Waals surface area (Å²) >= 11 is 0. The predicted molar refractivity (Wildman–Crippen MR) is 78.1 cm³/mol. The van der Waals surface area contributed by atoms with Gasteiger partial charge in [-0.05, 0) is 5.56 Å². The molecule has 112 valence electrons. The van der Waals surface area contributed by atoms with E-state index in [4.69, 9.17) is 0 Å². The molecular formula is C15H14N4O3. The number of hydrogen-bond acceptors (Lipinski definition) is 4. The van der Waals surface area contributed by atoms with Crippen LogP contribution in [0.4, 0.5) is 5.82 Å². The molecular weight excluding hydrogens is 284 g/mol. The van der Waals surface area contributed by atoms with Crippen LogP contribution in [0.25, 0.3) is 0 Å². The van der Waals surface area contributed by atoms with Crippen LogP contribution in [-0.2, 0) is 16.1 Å². The van der Waals surface area contributed by atoms with E-state index in [-0.39, 0.29) is 12.1 Å². The summed E-state index contributed by atoms with van der Waals surface area (Å²) in [6, 6.07) is 9.56. The highest BCUT2D eigenvalue weighted by molar-refractivity contribution is 6.13. The van der Waals surface area contributed by atoms with Gasteiger partial charge in [-0.1, -0.05) is 30.3 Å². The van der Waals surface area contributed by atoms with Crippen LogP contribution in [0.15, 0.2) is 36.5 Å². The molecule has 1 aromatic carbocycles. The summed E-state index contributed by atoms with van der Waals surface area (Å²) in [7, 11) is 0. The highest BCUT2D eigenvalue weighted by atomic mass is 16.2. The number of benzene rings is 1. The molecule has 7 heteroatoms. The van der Waals surface area contributed by atoms with Gasteiger partial charge in [0.25, 0.3) is 5.91 Å². The van der Waals surface area contributed by atoms with Gasteiger partial charge in [0.15, 0.2) is 0 Å². The molecule has 3 rings (SSSR count). The molecule has 0 atom stereocenters. The topological polar surface area (TPSA) is 84.3 Å². The van der Waals surface area contributed by atoms with E-state index in [0.29, 0.717) is 12.4 Å². The summed E-state index contributed by atoms with van der Waals surface area (Å²) in [6.45, 7) is 1.39. The minimum absolute atomic E-state index is 0.219. The molecule has 0 aliphatic carbocycles. The third-order valence-corrected chi connectivity index (χ3v) is 3.43. The molecule has 0 saturated heterocycles. The third-order valence-electron chi connectivity index (χ3n) is 3.43. The zero-order chi connectivity index (χ0) is 15.7. The number of hydrogen-bond donors (Lipinski definition) is 1. The summed E-state index contributed by atoms with van der Waals surface area (Å²) in [4.78, 5) is 36.7. The number of imide groups is 1. The van der Waals surface area contributed by atoms with Crippen molar-refractivity contribution < 1.29 is 14.4 Å². The Morgan fingerprint density at radius 3 is 2.68 bits per heavy atom. The van der Waals surface area contributed by atoms with Gasteiger partial charge in [0.2, 0.25) is 11.8 Å². The maximum atomic E-state index is 12.3. The number of carbonyl (C=O) groups excluding carboxylic acids is 3. The minimum atomic E-state index is -0.514. The number of aromatic nitrogens is 2. The molecule has 1 aliphatic heterocycles. The first-order chi connectivity index (χ1) is 10.6. The van der Waals surface area contributed by atoms with Crippen molar-refractivity contribution in [2.75, 3.05) is 11.9 Å². The van der Waals surface area contributed by atoms with Gasteiger partial charge in [0, 0.05) is 6.92 Å². The Balaban J connectivity index is 1.98. The molecule has 1 aromatic heterocycles. The Bertz CT molecular complexity index is 751. The lowest BCUT2D eigenvalue weighted by Gasteiger charge is -2.13. The Kier molecular flexibility index (Phi) is 3.46. The van der Waals surface area contributed by atoms with Crippen molar-refractivity contribution in [1.29, 1.82) is 0 Å². The second kappa shape index (κ2) is 5.44. The average Bonchev–Trinajstić information content (AvgIpc) is 2.81. The Hall–Kier alpha value is -2.96. The molecule has 0 fully saturated rings. The first kappa shape index (κ1) is 14.0. The van der Waals surface area contributed by atoms with Crippen molar-refractivity contribution in [2.45, 2.75) is 13.5 Å². The summed E-state index contributed by atoms with van der Waals surface area (Å²) in [6.07, 6.45) is 1.38. The number of amides is 3. The molecule has 1 aliphatic rings. The van der Waals surface area contributed by atoms with Crippen LogP contribution in [0.2, 0.25) is 0 Å². The number of rotatable bonds is 2. The zero-order valence-corrected chi connectivity index (χ0v) is 11.9. The van der Waals surface area contributed by atoms with Crippen LogP contribution >= 0.6 is 0 Å². The van der Waals surface area contributed by atoms with Crippen LogP contribution in [-0.4, -0.2) is 38.9 Å². The lowest BCUT2D eigenvalue weighted by Crippen LogP contribution is -2.38. The van der Waals surface area contributed by atoms with Gasteiger partial charge in [-0.3, -0.25) is 19.3 Å². The predicted octanol–water partition coefficient (Wildman–Crippen LogP) is 0.872. The zero-order valence-electron chi connectivity index (χ0n) is 11.9. The van der Waals surface area contributed by atoms with Gasteiger partial charge in [-0.15, -0.1) is 0 Å². The maximum absolute atomic E-state index is 12.3. The highest BCUT2D eigenvalue weighted by Crippen LogP contribution is 2.21. The van der Waals surface area contributed by atoms with E-state index in [0.717, 1.165) is 10.5 Å². The number of fused-ring (bicyclic) bond motifs is 1. The molecule has 0 saturated carbocycles. The van der Waals surface area contributed by atoms with E-state index >= 15 is 0 Å². The quantitative estimate of drug-likeness (QED) is 0.891. The number of anilines is 1. The number of nitrogens with one attached hydrogen (secondary N) is 1. The van der Waals surface area contributed by atoms with Crippen molar-refractivity contribution in [3.05, 3.63) is 47.7 Å². The summed E-state index contributed by atoms with van der Waals surface area (Å²) < 4.78 is 1.55. The van der Waals surface area contributed by atoms with E-state index in [2.05, 4.69) is 10.4 Å². The molecule has 2 aromatic rings. The average molecular weight is 298 g/mol. The summed E-state index contributed by atoms with van der Waals surface area (Å²) in [5, 5.41) is 6.81. The van der Waals surface area contributed by atoms with Crippen LogP contribution in [0.1, 0.15) is 22.8 Å². The fourth-order valence-electron chi connectivity index (χ4n) is 2.34. The van der Waals surface area contributed by atoms with Crippen molar-refractivity contribution in [2.24, 2.45) is 0 Å². The Morgan fingerprint density at radius 1 is 1.27 bits per heavy atom. The van der Waals surface area contributed by atoms with E-state index in [9.17, 15) is 14.4 Å². The van der Waals surface area contributed by atoms with E-state index < -0.39 is 17.7 Å². The third kappa shape index (κ3) is 2.48. The number of nitrogens with zero attached hydrogens (tertiary/aromatic N) is 3. The molecule has 7 nitrogen and oxygen atoms in total. The van der Waals surface area contributed by atoms with Gasteiger partial charge >= 0.3 is 0 Å². The van der Waals surface area contributed by atoms with Crippen molar-refractivity contribution >= 4 is 23.5 Å². The molecule has 0 unspecified atom stereocenters. The van der Waals surface area contributed by atoms with E-state index in [1.165, 1.54) is 13.1 Å². The van der Waals surface area contributed by atoms with Gasteiger partial charge in [-0.25, -0.2) is 4.68 Å².